The lowest BCUT2D eigenvalue weighted by atomic mass is 10.1. The zero-order valence-corrected chi connectivity index (χ0v) is 11.7. The number of thioether (sulfide) groups is 1. The fraction of sp³-hybridized carbons (Fsp3) is 0.188. The van der Waals surface area contributed by atoms with Crippen LogP contribution in [-0.2, 0) is 22.6 Å². The highest BCUT2D eigenvalue weighted by molar-refractivity contribution is 7.98. The van der Waals surface area contributed by atoms with E-state index in [0.29, 0.717) is 13.0 Å². The van der Waals surface area contributed by atoms with E-state index >= 15 is 0 Å². The molecule has 2 nitrogen and oxygen atoms in total. The second kappa shape index (κ2) is 7.00. The van der Waals surface area contributed by atoms with Gasteiger partial charge in [-0.15, -0.1) is 11.8 Å². The van der Waals surface area contributed by atoms with Crippen molar-refractivity contribution in [1.82, 2.24) is 0 Å². The van der Waals surface area contributed by atoms with E-state index in [1.165, 1.54) is 0 Å². The number of ether oxygens (including phenoxy) is 1. The topological polar surface area (TPSA) is 26.3 Å². The second-order valence-corrected chi connectivity index (χ2v) is 5.05. The van der Waals surface area contributed by atoms with E-state index < -0.39 is 0 Å². The average molecular weight is 272 g/mol. The Bertz CT molecular complexity index is 537. The molecule has 0 aliphatic rings. The lowest BCUT2D eigenvalue weighted by molar-refractivity contribution is -0.144. The molecule has 2 rings (SSSR count). The fourth-order valence-corrected chi connectivity index (χ4v) is 2.22. The summed E-state index contributed by atoms with van der Waals surface area (Å²) in [4.78, 5) is 12.9. The number of carbonyl (C=O) groups excluding carboxylic acids is 1. The van der Waals surface area contributed by atoms with Crippen LogP contribution < -0.4 is 0 Å². The monoisotopic (exact) mass is 272 g/mol. The van der Waals surface area contributed by atoms with Crippen LogP contribution in [0.25, 0.3) is 0 Å². The van der Waals surface area contributed by atoms with Crippen molar-refractivity contribution in [3.05, 3.63) is 65.7 Å². The Hall–Kier alpha value is -1.74. The number of esters is 1. The van der Waals surface area contributed by atoms with Crippen molar-refractivity contribution >= 4 is 17.7 Å². The van der Waals surface area contributed by atoms with Gasteiger partial charge in [0.25, 0.3) is 0 Å². The first-order valence-corrected chi connectivity index (χ1v) is 7.33. The molecule has 0 saturated carbocycles. The summed E-state index contributed by atoms with van der Waals surface area (Å²) in [5.41, 5.74) is 2.00. The summed E-state index contributed by atoms with van der Waals surface area (Å²) in [6.45, 7) is 0.335. The summed E-state index contributed by atoms with van der Waals surface area (Å²) in [5.74, 6) is -0.192. The van der Waals surface area contributed by atoms with Gasteiger partial charge >= 0.3 is 5.97 Å². The molecule has 19 heavy (non-hydrogen) atoms. The van der Waals surface area contributed by atoms with Crippen LogP contribution in [0.2, 0.25) is 0 Å². The van der Waals surface area contributed by atoms with Gasteiger partial charge in [0.2, 0.25) is 0 Å². The van der Waals surface area contributed by atoms with Gasteiger partial charge in [-0.3, -0.25) is 4.79 Å². The SMILES string of the molecule is CSc1cccc(CC(=O)OCc2ccccc2)c1. The summed E-state index contributed by atoms with van der Waals surface area (Å²) < 4.78 is 5.26. The van der Waals surface area contributed by atoms with Gasteiger partial charge in [0.1, 0.15) is 6.61 Å². The second-order valence-electron chi connectivity index (χ2n) is 4.17. The molecular formula is C16H16O2S. The minimum atomic E-state index is -0.192. The number of hydrogen-bond acceptors (Lipinski definition) is 3. The Morgan fingerprint density at radius 3 is 2.53 bits per heavy atom. The molecule has 0 fully saturated rings. The van der Waals surface area contributed by atoms with Crippen molar-refractivity contribution in [3.8, 4) is 0 Å². The summed E-state index contributed by atoms with van der Waals surface area (Å²) in [5, 5.41) is 0. The van der Waals surface area contributed by atoms with Crippen molar-refractivity contribution in [2.45, 2.75) is 17.9 Å². The van der Waals surface area contributed by atoms with Crippen LogP contribution in [-0.4, -0.2) is 12.2 Å². The van der Waals surface area contributed by atoms with Crippen LogP contribution in [0.5, 0.6) is 0 Å². The van der Waals surface area contributed by atoms with Crippen LogP contribution in [0, 0.1) is 0 Å². The van der Waals surface area contributed by atoms with E-state index in [1.807, 2.05) is 60.9 Å². The molecule has 0 heterocycles. The normalized spacial score (nSPS) is 10.2. The van der Waals surface area contributed by atoms with Crippen LogP contribution in [0.4, 0.5) is 0 Å². The van der Waals surface area contributed by atoms with E-state index in [1.54, 1.807) is 11.8 Å². The molecule has 98 valence electrons. The molecule has 0 atom stereocenters. The highest BCUT2D eigenvalue weighted by Crippen LogP contribution is 2.16. The molecule has 0 bridgehead atoms. The highest BCUT2D eigenvalue weighted by atomic mass is 32.2. The fourth-order valence-electron chi connectivity index (χ4n) is 1.74. The summed E-state index contributed by atoms with van der Waals surface area (Å²) in [7, 11) is 0. The van der Waals surface area contributed by atoms with Crippen LogP contribution in [0.1, 0.15) is 11.1 Å². The summed E-state index contributed by atoms with van der Waals surface area (Å²) >= 11 is 1.67. The van der Waals surface area contributed by atoms with Gasteiger partial charge in [-0.05, 0) is 29.5 Å². The van der Waals surface area contributed by atoms with Crippen LogP contribution in [0.3, 0.4) is 0 Å². The first-order valence-electron chi connectivity index (χ1n) is 6.10. The Balaban J connectivity index is 1.87. The van der Waals surface area contributed by atoms with E-state index in [9.17, 15) is 4.79 Å². The minimum absolute atomic E-state index is 0.192. The van der Waals surface area contributed by atoms with Gasteiger partial charge < -0.3 is 4.74 Å². The van der Waals surface area contributed by atoms with Crippen molar-refractivity contribution in [3.63, 3.8) is 0 Å². The Morgan fingerprint density at radius 2 is 1.79 bits per heavy atom. The number of hydrogen-bond donors (Lipinski definition) is 0. The van der Waals surface area contributed by atoms with E-state index in [0.717, 1.165) is 16.0 Å². The maximum Gasteiger partial charge on any atom is 0.310 e. The smallest absolute Gasteiger partial charge is 0.310 e. The third-order valence-corrected chi connectivity index (χ3v) is 3.45. The first-order chi connectivity index (χ1) is 9.28. The third kappa shape index (κ3) is 4.45. The molecule has 0 spiro atoms. The predicted molar refractivity (Wildman–Crippen MR) is 78.2 cm³/mol. The van der Waals surface area contributed by atoms with Crippen molar-refractivity contribution in [2.75, 3.05) is 6.26 Å². The first kappa shape index (κ1) is 13.7. The third-order valence-electron chi connectivity index (χ3n) is 2.73. The maximum atomic E-state index is 11.8. The van der Waals surface area contributed by atoms with Gasteiger partial charge in [-0.25, -0.2) is 0 Å². The predicted octanol–water partition coefficient (Wildman–Crippen LogP) is 3.69. The van der Waals surface area contributed by atoms with Gasteiger partial charge in [-0.2, -0.15) is 0 Å². The molecule has 0 unspecified atom stereocenters. The number of carbonyl (C=O) groups is 1. The standard InChI is InChI=1S/C16H16O2S/c1-19-15-9-5-8-14(10-15)11-16(17)18-12-13-6-3-2-4-7-13/h2-10H,11-12H2,1H3. The molecule has 0 N–H and O–H groups in total. The average Bonchev–Trinajstić information content (AvgIpc) is 2.46. The molecule has 0 amide bonds. The minimum Gasteiger partial charge on any atom is -0.461 e. The zero-order valence-electron chi connectivity index (χ0n) is 10.8. The Kier molecular flexibility index (Phi) is 5.04. The molecule has 2 aromatic rings. The quantitative estimate of drug-likeness (QED) is 0.613. The van der Waals surface area contributed by atoms with Crippen molar-refractivity contribution < 1.29 is 9.53 Å². The largest absolute Gasteiger partial charge is 0.461 e. The van der Waals surface area contributed by atoms with Crippen molar-refractivity contribution in [2.24, 2.45) is 0 Å². The van der Waals surface area contributed by atoms with E-state index in [-0.39, 0.29) is 5.97 Å². The van der Waals surface area contributed by atoms with Gasteiger partial charge in [0.15, 0.2) is 0 Å². The highest BCUT2D eigenvalue weighted by Gasteiger charge is 2.05. The molecule has 0 aliphatic heterocycles. The van der Waals surface area contributed by atoms with Gasteiger partial charge in [0, 0.05) is 4.90 Å². The number of benzene rings is 2. The van der Waals surface area contributed by atoms with E-state index in [4.69, 9.17) is 4.74 Å². The molecule has 0 saturated heterocycles. The molecule has 0 aliphatic carbocycles. The van der Waals surface area contributed by atoms with Crippen LogP contribution >= 0.6 is 11.8 Å². The molecule has 3 heteroatoms. The Labute approximate surface area is 117 Å². The lowest BCUT2D eigenvalue weighted by Gasteiger charge is -2.06. The molecule has 2 aromatic carbocycles. The summed E-state index contributed by atoms with van der Waals surface area (Å²) in [6.07, 6.45) is 2.34. The van der Waals surface area contributed by atoms with E-state index in [2.05, 4.69) is 0 Å². The van der Waals surface area contributed by atoms with Crippen molar-refractivity contribution in [1.29, 1.82) is 0 Å². The Morgan fingerprint density at radius 1 is 1.05 bits per heavy atom. The molecular weight excluding hydrogens is 256 g/mol. The maximum absolute atomic E-state index is 11.8. The number of rotatable bonds is 5. The summed E-state index contributed by atoms with van der Waals surface area (Å²) in [6, 6.07) is 17.7. The lowest BCUT2D eigenvalue weighted by Crippen LogP contribution is -2.07. The van der Waals surface area contributed by atoms with Gasteiger partial charge in [-0.1, -0.05) is 42.5 Å². The van der Waals surface area contributed by atoms with Gasteiger partial charge in [0.05, 0.1) is 6.42 Å². The van der Waals surface area contributed by atoms with Crippen LogP contribution in [0.15, 0.2) is 59.5 Å². The zero-order chi connectivity index (χ0) is 13.5. The molecule has 0 aromatic heterocycles. The molecule has 0 radical (unpaired) electrons.